The van der Waals surface area contributed by atoms with Gasteiger partial charge in [0.15, 0.2) is 0 Å². The number of hydrogen-bond acceptors (Lipinski definition) is 2. The van der Waals surface area contributed by atoms with Gasteiger partial charge < -0.3 is 9.80 Å². The first-order chi connectivity index (χ1) is 31.5. The molecule has 0 aromatic heterocycles. The molecule has 0 aliphatic carbocycles. The predicted molar refractivity (Wildman–Crippen MR) is 275 cm³/mol. The minimum Gasteiger partial charge on any atom is -0.310 e. The molecule has 9 aromatic rings. The second-order valence-electron chi connectivity index (χ2n) is 19.8. The molecule has 0 N–H and O–H groups in total. The number of fused-ring (bicyclic) bond motifs is 8. The summed E-state index contributed by atoms with van der Waals surface area (Å²) in [7, 11) is 0. The van der Waals surface area contributed by atoms with Gasteiger partial charge in [0.1, 0.15) is 0 Å². The van der Waals surface area contributed by atoms with Gasteiger partial charge in [-0.25, -0.2) is 0 Å². The molecule has 0 saturated heterocycles. The highest BCUT2D eigenvalue weighted by Gasteiger charge is 2.52. The van der Waals surface area contributed by atoms with Crippen LogP contribution in [0.15, 0.2) is 218 Å². The van der Waals surface area contributed by atoms with Crippen LogP contribution in [0.4, 0.5) is 34.1 Å². The molecule has 11 rings (SSSR count). The number of anilines is 6. The van der Waals surface area contributed by atoms with Gasteiger partial charge in [-0.2, -0.15) is 0 Å². The van der Waals surface area contributed by atoms with Gasteiger partial charge in [-0.3, -0.25) is 0 Å². The second kappa shape index (κ2) is 15.4. The molecular formula is C63H54N2. The molecule has 0 atom stereocenters. The molecule has 2 aliphatic heterocycles. The first-order valence-electron chi connectivity index (χ1n) is 23.0. The van der Waals surface area contributed by atoms with E-state index in [-0.39, 0.29) is 10.8 Å². The molecule has 2 heterocycles. The highest BCUT2D eigenvalue weighted by Crippen LogP contribution is 2.64. The maximum Gasteiger partial charge on any atom is 0.0782 e. The highest BCUT2D eigenvalue weighted by atomic mass is 15.2. The van der Waals surface area contributed by atoms with Crippen molar-refractivity contribution in [2.75, 3.05) is 9.80 Å². The Kier molecular flexibility index (Phi) is 9.55. The summed E-state index contributed by atoms with van der Waals surface area (Å²) in [5.41, 5.74) is 21.1. The molecule has 0 amide bonds. The zero-order valence-corrected chi connectivity index (χ0v) is 38.2. The number of para-hydroxylation sites is 2. The minimum absolute atomic E-state index is 0.0715. The van der Waals surface area contributed by atoms with Crippen molar-refractivity contribution < 1.29 is 0 Å². The number of benzene rings is 9. The van der Waals surface area contributed by atoms with E-state index in [1.807, 2.05) is 0 Å². The van der Waals surface area contributed by atoms with Gasteiger partial charge >= 0.3 is 0 Å². The summed E-state index contributed by atoms with van der Waals surface area (Å²) in [5, 5.41) is 0. The maximum atomic E-state index is 2.56. The van der Waals surface area contributed by atoms with Crippen molar-refractivity contribution in [1.82, 2.24) is 0 Å². The summed E-state index contributed by atoms with van der Waals surface area (Å²) in [6.07, 6.45) is 0. The van der Waals surface area contributed by atoms with Gasteiger partial charge in [0.2, 0.25) is 0 Å². The van der Waals surface area contributed by atoms with Crippen LogP contribution < -0.4 is 9.80 Å². The van der Waals surface area contributed by atoms with E-state index in [0.29, 0.717) is 0 Å². The van der Waals surface area contributed by atoms with Crippen LogP contribution in [0.2, 0.25) is 0 Å². The van der Waals surface area contributed by atoms with E-state index in [1.54, 1.807) is 0 Å². The lowest BCUT2D eigenvalue weighted by molar-refractivity contribution is 0.587. The van der Waals surface area contributed by atoms with Crippen molar-refractivity contribution in [1.29, 1.82) is 0 Å². The molecule has 1 spiro atoms. The fourth-order valence-corrected chi connectivity index (χ4v) is 10.4. The fourth-order valence-electron chi connectivity index (χ4n) is 10.4. The molecule has 0 unspecified atom stereocenters. The van der Waals surface area contributed by atoms with Gasteiger partial charge in [-0.15, -0.1) is 0 Å². The standard InChI is InChI=1S/C63H54N2/c1-61(2,3)49-32-36-55-59(41-49)64(51-34-30-46(31-35-51)43-20-10-7-11-21-43)60-42-50(62(4,5)6)33-37-56(60)63(55)53-26-16-18-28-57(53)65(58-29-19-17-27-54(58)63)52-39-47(44-22-12-8-13-23-44)38-48(40-52)45-24-14-9-15-25-45/h7-42H,1-6H3. The van der Waals surface area contributed by atoms with Crippen LogP contribution in [0.3, 0.4) is 0 Å². The average Bonchev–Trinajstić information content (AvgIpc) is 3.34. The van der Waals surface area contributed by atoms with Gasteiger partial charge in [0.25, 0.3) is 0 Å². The van der Waals surface area contributed by atoms with Crippen molar-refractivity contribution in [3.05, 3.63) is 252 Å². The number of hydrogen-bond donors (Lipinski definition) is 0. The third-order valence-electron chi connectivity index (χ3n) is 13.7. The van der Waals surface area contributed by atoms with E-state index in [1.165, 1.54) is 89.5 Å². The SMILES string of the molecule is CC(C)(C)c1ccc2c(c1)N(c1ccc(-c3ccccc3)cc1)c1cc(C(C)(C)C)ccc1C21c2ccccc2N(c2cc(-c3ccccc3)cc(-c3ccccc3)c2)c2ccccc21. The third-order valence-corrected chi connectivity index (χ3v) is 13.7. The van der Waals surface area contributed by atoms with E-state index < -0.39 is 5.41 Å². The van der Waals surface area contributed by atoms with Crippen LogP contribution in [0.25, 0.3) is 33.4 Å². The number of rotatable bonds is 5. The van der Waals surface area contributed by atoms with Crippen LogP contribution in [0.1, 0.15) is 74.9 Å². The van der Waals surface area contributed by atoms with E-state index in [4.69, 9.17) is 0 Å². The molecule has 0 radical (unpaired) electrons. The molecule has 316 valence electrons. The van der Waals surface area contributed by atoms with Crippen molar-refractivity contribution in [3.63, 3.8) is 0 Å². The lowest BCUT2D eigenvalue weighted by Crippen LogP contribution is -2.42. The molecule has 0 fully saturated rings. The molecule has 0 bridgehead atoms. The Hall–Kier alpha value is -7.42. The Morgan fingerprint density at radius 3 is 1.06 bits per heavy atom. The Morgan fingerprint density at radius 1 is 0.277 bits per heavy atom. The highest BCUT2D eigenvalue weighted by molar-refractivity contribution is 5.98. The Morgan fingerprint density at radius 2 is 0.631 bits per heavy atom. The minimum atomic E-state index is -0.652. The molecule has 2 nitrogen and oxygen atoms in total. The first-order valence-corrected chi connectivity index (χ1v) is 23.0. The lowest BCUT2D eigenvalue weighted by Gasteiger charge is -2.51. The van der Waals surface area contributed by atoms with Crippen molar-refractivity contribution >= 4 is 34.1 Å². The molecular weight excluding hydrogens is 785 g/mol. The van der Waals surface area contributed by atoms with Crippen LogP contribution in [0, 0.1) is 0 Å². The van der Waals surface area contributed by atoms with Crippen LogP contribution in [-0.4, -0.2) is 0 Å². The smallest absolute Gasteiger partial charge is 0.0782 e. The average molecular weight is 839 g/mol. The van der Waals surface area contributed by atoms with E-state index >= 15 is 0 Å². The second-order valence-corrected chi connectivity index (χ2v) is 19.8. The molecule has 9 aromatic carbocycles. The number of nitrogens with zero attached hydrogens (tertiary/aromatic N) is 2. The summed E-state index contributed by atoms with van der Waals surface area (Å²) >= 11 is 0. The van der Waals surface area contributed by atoms with Gasteiger partial charge in [-0.1, -0.05) is 205 Å². The van der Waals surface area contributed by atoms with E-state index in [0.717, 1.165) is 11.4 Å². The Labute approximate surface area is 385 Å². The Bertz CT molecular complexity index is 3030. The quantitative estimate of drug-likeness (QED) is 0.170. The topological polar surface area (TPSA) is 6.48 Å². The normalized spacial score (nSPS) is 13.8. The van der Waals surface area contributed by atoms with Crippen molar-refractivity contribution in [2.45, 2.75) is 57.8 Å². The largest absolute Gasteiger partial charge is 0.310 e. The van der Waals surface area contributed by atoms with Crippen molar-refractivity contribution in [3.8, 4) is 33.4 Å². The molecule has 2 aliphatic rings. The zero-order chi connectivity index (χ0) is 44.5. The summed E-state index contributed by atoms with van der Waals surface area (Å²) < 4.78 is 0. The molecule has 0 saturated carbocycles. The van der Waals surface area contributed by atoms with Gasteiger partial charge in [-0.05, 0) is 132 Å². The lowest BCUT2D eigenvalue weighted by atomic mass is 9.59. The monoisotopic (exact) mass is 838 g/mol. The first kappa shape index (κ1) is 40.4. The summed E-state index contributed by atoms with van der Waals surface area (Å²) in [6.45, 7) is 14.0. The Balaban J connectivity index is 1.21. The van der Waals surface area contributed by atoms with Crippen LogP contribution in [0.5, 0.6) is 0 Å². The summed E-state index contributed by atoms with van der Waals surface area (Å²) in [5.74, 6) is 0. The molecule has 2 heteroatoms. The van der Waals surface area contributed by atoms with Crippen LogP contribution in [-0.2, 0) is 16.2 Å². The fraction of sp³-hybridized carbons (Fsp3) is 0.143. The third kappa shape index (κ3) is 6.70. The maximum absolute atomic E-state index is 2.56. The molecule has 65 heavy (non-hydrogen) atoms. The van der Waals surface area contributed by atoms with E-state index in [9.17, 15) is 0 Å². The zero-order valence-electron chi connectivity index (χ0n) is 38.2. The van der Waals surface area contributed by atoms with Gasteiger partial charge in [0, 0.05) is 11.4 Å². The van der Waals surface area contributed by atoms with Gasteiger partial charge in [0.05, 0.1) is 28.2 Å². The predicted octanol–water partition coefficient (Wildman–Crippen LogP) is 17.2. The van der Waals surface area contributed by atoms with Crippen molar-refractivity contribution in [2.24, 2.45) is 0 Å². The summed E-state index contributed by atoms with van der Waals surface area (Å²) in [4.78, 5) is 5.08. The van der Waals surface area contributed by atoms with E-state index in [2.05, 4.69) is 270 Å². The summed E-state index contributed by atoms with van der Waals surface area (Å²) in [6, 6.07) is 81.6. The van der Waals surface area contributed by atoms with Crippen LogP contribution >= 0.6 is 0 Å².